The molecule has 0 aliphatic heterocycles. The van der Waals surface area contributed by atoms with E-state index in [9.17, 15) is 0 Å². The highest BCUT2D eigenvalue weighted by Crippen LogP contribution is 2.61. The zero-order chi connectivity index (χ0) is 43.8. The summed E-state index contributed by atoms with van der Waals surface area (Å²) in [5.74, 6) is 4.35. The second-order valence-electron chi connectivity index (χ2n) is 19.7. The van der Waals surface area contributed by atoms with Crippen molar-refractivity contribution >= 4 is 75.4 Å². The van der Waals surface area contributed by atoms with Crippen LogP contribution in [0.5, 0.6) is 0 Å². The van der Waals surface area contributed by atoms with Crippen molar-refractivity contribution in [3.8, 4) is 56.4 Å². The van der Waals surface area contributed by atoms with Crippen molar-refractivity contribution in [2.75, 3.05) is 0 Å². The van der Waals surface area contributed by atoms with Crippen LogP contribution < -0.4 is 0 Å². The van der Waals surface area contributed by atoms with Crippen LogP contribution in [0.4, 0.5) is 0 Å². The molecule has 0 spiro atoms. The Kier molecular flexibility index (Phi) is 8.06. The predicted octanol–water partition coefficient (Wildman–Crippen LogP) is 16.8. The van der Waals surface area contributed by atoms with Gasteiger partial charge in [0.15, 0.2) is 17.5 Å². The summed E-state index contributed by atoms with van der Waals surface area (Å²) in [5, 5.41) is 6.72. The number of furan rings is 2. The molecule has 4 saturated carbocycles. The number of fused-ring (bicyclic) bond motifs is 9. The number of hydrogen-bond acceptors (Lipinski definition) is 6. The van der Waals surface area contributed by atoms with Crippen molar-refractivity contribution in [1.29, 1.82) is 0 Å². The minimum Gasteiger partial charge on any atom is -0.455 e. The van der Waals surface area contributed by atoms with Crippen LogP contribution in [0.25, 0.3) is 120 Å². The summed E-state index contributed by atoms with van der Waals surface area (Å²) in [7, 11) is 0. The third-order valence-electron chi connectivity index (χ3n) is 15.7. The average molecular weight is 882 g/mol. The zero-order valence-corrected chi connectivity index (χ0v) is 37.5. The quantitative estimate of drug-likeness (QED) is 0.166. The first-order valence-corrected chi connectivity index (χ1v) is 24.6. The molecule has 0 N–H and O–H groups in total. The first kappa shape index (κ1) is 37.8. The zero-order valence-electron chi connectivity index (χ0n) is 36.7. The van der Waals surface area contributed by atoms with Crippen molar-refractivity contribution in [2.24, 2.45) is 17.8 Å². The summed E-state index contributed by atoms with van der Waals surface area (Å²) in [6, 6.07) is 61.0. The van der Waals surface area contributed by atoms with E-state index in [1.54, 1.807) is 0 Å². The van der Waals surface area contributed by atoms with Crippen molar-refractivity contribution in [2.45, 2.75) is 43.9 Å². The van der Waals surface area contributed by atoms with E-state index < -0.39 is 0 Å². The molecule has 4 fully saturated rings. The maximum absolute atomic E-state index is 6.63. The summed E-state index contributed by atoms with van der Waals surface area (Å²) in [6.45, 7) is 0. The summed E-state index contributed by atoms with van der Waals surface area (Å²) in [6.07, 6.45) is 8.39. The molecule has 0 atom stereocenters. The molecule has 5 nitrogen and oxygen atoms in total. The van der Waals surface area contributed by atoms with Crippen molar-refractivity contribution in [1.82, 2.24) is 15.0 Å². The van der Waals surface area contributed by atoms with E-state index in [0.29, 0.717) is 22.9 Å². The molecule has 320 valence electrons. The van der Waals surface area contributed by atoms with Crippen LogP contribution >= 0.6 is 11.3 Å². The number of aromatic nitrogens is 3. The van der Waals surface area contributed by atoms with E-state index in [1.165, 1.54) is 75.4 Å². The Labute approximate surface area is 390 Å². The van der Waals surface area contributed by atoms with E-state index in [-0.39, 0.29) is 0 Å². The average Bonchev–Trinajstić information content (AvgIpc) is 4.07. The molecular weight excluding hydrogens is 839 g/mol. The number of hydrogen-bond donors (Lipinski definition) is 0. The summed E-state index contributed by atoms with van der Waals surface area (Å²) >= 11 is 1.86. The molecule has 0 radical (unpaired) electrons. The van der Waals surface area contributed by atoms with Gasteiger partial charge in [-0.1, -0.05) is 121 Å². The van der Waals surface area contributed by atoms with Crippen molar-refractivity contribution < 1.29 is 8.83 Å². The lowest BCUT2D eigenvalue weighted by Gasteiger charge is -2.57. The fourth-order valence-electron chi connectivity index (χ4n) is 13.1. The molecule has 4 aliphatic rings. The van der Waals surface area contributed by atoms with E-state index >= 15 is 0 Å². The van der Waals surface area contributed by atoms with Crippen LogP contribution in [0, 0.1) is 17.8 Å². The van der Waals surface area contributed by atoms with Gasteiger partial charge < -0.3 is 8.83 Å². The van der Waals surface area contributed by atoms with Gasteiger partial charge in [0, 0.05) is 47.3 Å². The minimum atomic E-state index is 0.334. The molecule has 4 aliphatic carbocycles. The maximum Gasteiger partial charge on any atom is 0.167 e. The van der Waals surface area contributed by atoms with Crippen molar-refractivity contribution in [3.63, 3.8) is 0 Å². The Morgan fingerprint density at radius 1 is 0.403 bits per heavy atom. The molecule has 0 saturated heterocycles. The molecule has 6 heteroatoms. The minimum absolute atomic E-state index is 0.334. The molecule has 12 aromatic rings. The maximum atomic E-state index is 6.63. The predicted molar refractivity (Wildman–Crippen MR) is 274 cm³/mol. The molecule has 4 heterocycles. The first-order chi connectivity index (χ1) is 33.1. The first-order valence-electron chi connectivity index (χ1n) is 23.8. The van der Waals surface area contributed by atoms with Gasteiger partial charge in [-0.15, -0.1) is 11.3 Å². The van der Waals surface area contributed by atoms with E-state index in [2.05, 4.69) is 146 Å². The molecular formula is C61H43N3O2S. The molecule has 4 aromatic heterocycles. The normalized spacial score (nSPS) is 20.1. The standard InChI is InChI=1S/C61H43N3O2S/c1-4-19-52-44(10-1)47-14-8-17-50(55(47)65-52)59-62-58(63-60(64-59)51-18-9-15-48-45-11-2-5-20-53(45)66-56(48)51)41-30-39(29-40(31-41)43-13-7-16-49-46-12-3-6-21-54(46)67-57(43)49)38-22-24-42(25-23-38)61-32-35-26-36(33-61)28-37(27-35)34-61/h1-25,29-31,35-37H,26-28,32-34H2. The van der Waals surface area contributed by atoms with Gasteiger partial charge in [-0.3, -0.25) is 0 Å². The van der Waals surface area contributed by atoms with Gasteiger partial charge in [-0.25, -0.2) is 15.0 Å². The van der Waals surface area contributed by atoms with Gasteiger partial charge in [-0.05, 0) is 138 Å². The van der Waals surface area contributed by atoms with Crippen LogP contribution in [-0.4, -0.2) is 15.0 Å². The van der Waals surface area contributed by atoms with Gasteiger partial charge in [0.2, 0.25) is 0 Å². The summed E-state index contributed by atoms with van der Waals surface area (Å²) < 4.78 is 15.8. The fourth-order valence-corrected chi connectivity index (χ4v) is 14.4. The van der Waals surface area contributed by atoms with E-state index in [1.807, 2.05) is 35.6 Å². The molecule has 0 unspecified atom stereocenters. The van der Waals surface area contributed by atoms with Gasteiger partial charge in [-0.2, -0.15) is 0 Å². The smallest absolute Gasteiger partial charge is 0.167 e. The number of nitrogens with zero attached hydrogens (tertiary/aromatic N) is 3. The highest BCUT2D eigenvalue weighted by atomic mass is 32.1. The third kappa shape index (κ3) is 5.88. The second-order valence-corrected chi connectivity index (χ2v) is 20.8. The molecule has 0 amide bonds. The Morgan fingerprint density at radius 3 is 1.52 bits per heavy atom. The number of para-hydroxylation sites is 4. The molecule has 16 rings (SSSR count). The second kappa shape index (κ2) is 14.3. The van der Waals surface area contributed by atoms with Crippen LogP contribution in [0.3, 0.4) is 0 Å². The van der Waals surface area contributed by atoms with Crippen LogP contribution in [0.1, 0.15) is 44.1 Å². The van der Waals surface area contributed by atoms with Crippen LogP contribution in [0.15, 0.2) is 179 Å². The topological polar surface area (TPSA) is 65.0 Å². The SMILES string of the molecule is c1ccc2c(c1)oc1c(-c3nc(-c4cc(-c5ccc(C67CC8CC(CC(C8)C6)C7)cc5)cc(-c5cccc6c5sc5ccccc56)c4)nc(-c4cccc5c4oc4ccccc45)n3)cccc12. The summed E-state index contributed by atoms with van der Waals surface area (Å²) in [4.78, 5) is 16.2. The Bertz CT molecular complexity index is 3820. The molecule has 4 bridgehead atoms. The van der Waals surface area contributed by atoms with E-state index in [0.717, 1.165) is 89.4 Å². The lowest BCUT2D eigenvalue weighted by molar-refractivity contribution is -0.00518. The molecule has 67 heavy (non-hydrogen) atoms. The largest absolute Gasteiger partial charge is 0.455 e. The highest BCUT2D eigenvalue weighted by molar-refractivity contribution is 7.26. The van der Waals surface area contributed by atoms with Crippen molar-refractivity contribution in [3.05, 3.63) is 175 Å². The Hall–Kier alpha value is -7.41. The lowest BCUT2D eigenvalue weighted by atomic mass is 9.48. The highest BCUT2D eigenvalue weighted by Gasteiger charge is 2.51. The number of thiophene rings is 1. The Balaban J connectivity index is 0.959. The van der Waals surface area contributed by atoms with Gasteiger partial charge >= 0.3 is 0 Å². The number of rotatable bonds is 6. The monoisotopic (exact) mass is 881 g/mol. The number of benzene rings is 8. The van der Waals surface area contributed by atoms with Crippen LogP contribution in [0.2, 0.25) is 0 Å². The fraction of sp³-hybridized carbons (Fsp3) is 0.164. The molecule has 8 aromatic carbocycles. The third-order valence-corrected chi connectivity index (χ3v) is 16.9. The lowest BCUT2D eigenvalue weighted by Crippen LogP contribution is -2.48. The summed E-state index contributed by atoms with van der Waals surface area (Å²) in [5.41, 5.74) is 12.2. The van der Waals surface area contributed by atoms with Gasteiger partial charge in [0.05, 0.1) is 11.1 Å². The Morgan fingerprint density at radius 2 is 0.896 bits per heavy atom. The van der Waals surface area contributed by atoms with Crippen LogP contribution in [-0.2, 0) is 5.41 Å². The van der Waals surface area contributed by atoms with Gasteiger partial charge in [0.25, 0.3) is 0 Å². The van der Waals surface area contributed by atoms with E-state index in [4.69, 9.17) is 23.8 Å². The van der Waals surface area contributed by atoms with Gasteiger partial charge in [0.1, 0.15) is 22.3 Å².